The molecular weight excluding hydrogens is 421 g/mol. The lowest BCUT2D eigenvalue weighted by Gasteiger charge is -2.13. The molecule has 1 aliphatic heterocycles. The van der Waals surface area contributed by atoms with E-state index in [2.05, 4.69) is 14.8 Å². The Kier molecular flexibility index (Phi) is 5.29. The van der Waals surface area contributed by atoms with Gasteiger partial charge in [-0.15, -0.1) is 18.3 Å². The molecule has 0 radical (unpaired) electrons. The molecular formula is C20H16ClF3N4O2. The van der Waals surface area contributed by atoms with Crippen LogP contribution in [0.2, 0.25) is 5.15 Å². The predicted molar refractivity (Wildman–Crippen MR) is 106 cm³/mol. The molecule has 0 atom stereocenters. The zero-order chi connectivity index (χ0) is 21.3. The minimum absolute atomic E-state index is 0.153. The minimum Gasteiger partial charge on any atom is -0.453 e. The molecule has 0 spiro atoms. The van der Waals surface area contributed by atoms with Crippen molar-refractivity contribution in [1.29, 1.82) is 0 Å². The zero-order valence-electron chi connectivity index (χ0n) is 15.7. The quantitative estimate of drug-likeness (QED) is 0.531. The summed E-state index contributed by atoms with van der Waals surface area (Å²) in [6.07, 6.45) is -1.08. The molecule has 3 aromatic rings. The van der Waals surface area contributed by atoms with Crippen molar-refractivity contribution in [2.45, 2.75) is 19.8 Å². The highest BCUT2D eigenvalue weighted by Crippen LogP contribution is 2.27. The monoisotopic (exact) mass is 436 g/mol. The Balaban J connectivity index is 1.48. The Hall–Kier alpha value is -3.20. The lowest BCUT2D eigenvalue weighted by Crippen LogP contribution is -2.17. The summed E-state index contributed by atoms with van der Waals surface area (Å²) in [5.41, 5.74) is 3.40. The van der Waals surface area contributed by atoms with Gasteiger partial charge in [0.1, 0.15) is 10.9 Å². The molecule has 156 valence electrons. The van der Waals surface area contributed by atoms with Gasteiger partial charge in [-0.3, -0.25) is 0 Å². The van der Waals surface area contributed by atoms with Crippen molar-refractivity contribution in [2.24, 2.45) is 5.10 Å². The van der Waals surface area contributed by atoms with Crippen LogP contribution < -0.4 is 9.75 Å². The number of pyridine rings is 1. The summed E-state index contributed by atoms with van der Waals surface area (Å²) in [4.78, 5) is 4.08. The molecule has 0 N–H and O–H groups in total. The second kappa shape index (κ2) is 7.91. The van der Waals surface area contributed by atoms with Crippen molar-refractivity contribution >= 4 is 23.2 Å². The van der Waals surface area contributed by atoms with E-state index < -0.39 is 6.36 Å². The Morgan fingerprint density at radius 1 is 1.17 bits per heavy atom. The molecule has 0 saturated carbocycles. The van der Waals surface area contributed by atoms with Crippen LogP contribution in [-0.4, -0.2) is 28.5 Å². The van der Waals surface area contributed by atoms with Crippen LogP contribution in [0.15, 0.2) is 60.0 Å². The maximum absolute atomic E-state index is 12.3. The van der Waals surface area contributed by atoms with Gasteiger partial charge in [0.2, 0.25) is 5.90 Å². The molecule has 6 nitrogen and oxygen atoms in total. The number of benzene rings is 1. The van der Waals surface area contributed by atoms with Crippen LogP contribution in [0.4, 0.5) is 18.9 Å². The van der Waals surface area contributed by atoms with Crippen molar-refractivity contribution in [1.82, 2.24) is 9.55 Å². The number of hydrogen-bond acceptors (Lipinski definition) is 5. The summed E-state index contributed by atoms with van der Waals surface area (Å²) in [5.74, 6) is 0.140. The average molecular weight is 437 g/mol. The highest BCUT2D eigenvalue weighted by atomic mass is 35.5. The smallest absolute Gasteiger partial charge is 0.453 e. The highest BCUT2D eigenvalue weighted by Gasteiger charge is 2.31. The Morgan fingerprint density at radius 3 is 2.60 bits per heavy atom. The van der Waals surface area contributed by atoms with E-state index in [4.69, 9.17) is 16.3 Å². The van der Waals surface area contributed by atoms with E-state index in [0.29, 0.717) is 23.3 Å². The normalized spacial score (nSPS) is 13.9. The van der Waals surface area contributed by atoms with Crippen molar-refractivity contribution < 1.29 is 22.6 Å². The highest BCUT2D eigenvalue weighted by molar-refractivity contribution is 6.29. The molecule has 30 heavy (non-hydrogen) atoms. The molecule has 2 aromatic heterocycles. The first-order valence-corrected chi connectivity index (χ1v) is 9.27. The molecule has 0 amide bonds. The molecule has 3 heterocycles. The number of anilines is 1. The fourth-order valence-corrected chi connectivity index (χ4v) is 3.09. The largest absolute Gasteiger partial charge is 0.573 e. The summed E-state index contributed by atoms with van der Waals surface area (Å²) < 4.78 is 48.5. The number of aryl methyl sites for hydroxylation is 1. The van der Waals surface area contributed by atoms with Crippen LogP contribution in [-0.2, 0) is 11.3 Å². The van der Waals surface area contributed by atoms with Gasteiger partial charge in [0.25, 0.3) is 0 Å². The molecule has 0 unspecified atom stereocenters. The molecule has 0 saturated heterocycles. The number of hydrogen-bond donors (Lipinski definition) is 0. The maximum atomic E-state index is 12.3. The number of alkyl halides is 3. The Morgan fingerprint density at radius 2 is 1.93 bits per heavy atom. The average Bonchev–Trinajstić information content (AvgIpc) is 3.30. The summed E-state index contributed by atoms with van der Waals surface area (Å²) in [6.45, 7) is 2.74. The SMILES string of the molecule is Cc1cc(C2=NN(c3ccc(OC(F)(F)F)cc3)CO2)cn1Cc1ccc(Cl)nc1. The lowest BCUT2D eigenvalue weighted by atomic mass is 10.3. The third-order valence-electron chi connectivity index (χ3n) is 4.40. The first-order valence-electron chi connectivity index (χ1n) is 8.89. The van der Waals surface area contributed by atoms with Crippen LogP contribution >= 0.6 is 11.6 Å². The van der Waals surface area contributed by atoms with E-state index in [1.807, 2.05) is 29.8 Å². The van der Waals surface area contributed by atoms with Crippen LogP contribution in [0.25, 0.3) is 0 Å². The summed E-state index contributed by atoms with van der Waals surface area (Å²) in [5, 5.41) is 6.43. The third-order valence-corrected chi connectivity index (χ3v) is 4.63. The van der Waals surface area contributed by atoms with E-state index in [0.717, 1.165) is 16.8 Å². The fourth-order valence-electron chi connectivity index (χ4n) is 2.98. The zero-order valence-corrected chi connectivity index (χ0v) is 16.5. The van der Waals surface area contributed by atoms with Crippen molar-refractivity contribution in [3.05, 3.63) is 76.8 Å². The van der Waals surface area contributed by atoms with Crippen molar-refractivity contribution in [3.8, 4) is 5.75 Å². The van der Waals surface area contributed by atoms with Crippen molar-refractivity contribution in [3.63, 3.8) is 0 Å². The van der Waals surface area contributed by atoms with Gasteiger partial charge in [-0.25, -0.2) is 9.99 Å². The lowest BCUT2D eigenvalue weighted by molar-refractivity contribution is -0.274. The van der Waals surface area contributed by atoms with Gasteiger partial charge in [-0.2, -0.15) is 0 Å². The fraction of sp³-hybridized carbons (Fsp3) is 0.200. The third kappa shape index (κ3) is 4.68. The van der Waals surface area contributed by atoms with Gasteiger partial charge in [-0.05, 0) is 48.9 Å². The minimum atomic E-state index is -4.73. The number of nitrogens with zero attached hydrogens (tertiary/aromatic N) is 4. The molecule has 0 fully saturated rings. The van der Waals surface area contributed by atoms with Gasteiger partial charge < -0.3 is 14.0 Å². The van der Waals surface area contributed by atoms with E-state index in [9.17, 15) is 13.2 Å². The van der Waals surface area contributed by atoms with Gasteiger partial charge >= 0.3 is 6.36 Å². The van der Waals surface area contributed by atoms with Crippen molar-refractivity contribution in [2.75, 3.05) is 11.7 Å². The Labute approximate surface area is 175 Å². The number of aromatic nitrogens is 2. The van der Waals surface area contributed by atoms with E-state index >= 15 is 0 Å². The van der Waals surface area contributed by atoms with E-state index in [1.54, 1.807) is 17.3 Å². The standard InChI is InChI=1S/C20H16ClF3N4O2/c1-13-8-15(11-27(13)10-14-2-7-18(21)25-9-14)19-26-28(12-29-19)16-3-5-17(6-4-16)30-20(22,23)24/h2-9,11H,10,12H2,1H3. The molecule has 0 aliphatic carbocycles. The predicted octanol–water partition coefficient (Wildman–Crippen LogP) is 4.95. The summed E-state index contributed by atoms with van der Waals surface area (Å²) in [6, 6.07) is 11.0. The number of halogens is 4. The molecule has 1 aromatic carbocycles. The molecule has 10 heteroatoms. The van der Waals surface area contributed by atoms with E-state index in [-0.39, 0.29) is 12.5 Å². The summed E-state index contributed by atoms with van der Waals surface area (Å²) in [7, 11) is 0. The number of ether oxygens (including phenoxy) is 2. The topological polar surface area (TPSA) is 51.9 Å². The van der Waals surface area contributed by atoms with Crippen LogP contribution in [0.3, 0.4) is 0 Å². The van der Waals surface area contributed by atoms with Crippen LogP contribution in [0, 0.1) is 6.92 Å². The Bertz CT molecular complexity index is 1060. The second-order valence-electron chi connectivity index (χ2n) is 6.61. The van der Waals surface area contributed by atoms with Gasteiger partial charge in [0, 0.05) is 24.6 Å². The first kappa shape index (κ1) is 20.1. The van der Waals surface area contributed by atoms with Crippen LogP contribution in [0.5, 0.6) is 5.75 Å². The molecule has 4 rings (SSSR count). The number of hydrazone groups is 1. The van der Waals surface area contributed by atoms with Gasteiger partial charge in [0.15, 0.2) is 6.73 Å². The van der Waals surface area contributed by atoms with Gasteiger partial charge in [0.05, 0.1) is 11.3 Å². The van der Waals surface area contributed by atoms with Gasteiger partial charge in [-0.1, -0.05) is 17.7 Å². The number of rotatable bonds is 5. The van der Waals surface area contributed by atoms with Crippen LogP contribution in [0.1, 0.15) is 16.8 Å². The second-order valence-corrected chi connectivity index (χ2v) is 6.99. The molecule has 0 bridgehead atoms. The summed E-state index contributed by atoms with van der Waals surface area (Å²) >= 11 is 5.83. The van der Waals surface area contributed by atoms with E-state index in [1.165, 1.54) is 24.3 Å². The first-order chi connectivity index (χ1) is 14.3. The maximum Gasteiger partial charge on any atom is 0.573 e. The molecule has 1 aliphatic rings.